The minimum Gasteiger partial charge on any atom is -0.337 e. The number of benzene rings is 1. The molecular weight excluding hydrogens is 420 g/mol. The predicted molar refractivity (Wildman–Crippen MR) is 126 cm³/mol. The number of pyridine rings is 1. The molecule has 0 unspecified atom stereocenters. The first-order valence-electron chi connectivity index (χ1n) is 11.6. The van der Waals surface area contributed by atoms with Crippen LogP contribution in [0.15, 0.2) is 36.4 Å². The van der Waals surface area contributed by atoms with Gasteiger partial charge in [0.05, 0.1) is 0 Å². The van der Waals surface area contributed by atoms with E-state index >= 15 is 0 Å². The van der Waals surface area contributed by atoms with Crippen LogP contribution in [0, 0.1) is 6.92 Å². The number of nitrogens with zero attached hydrogens (tertiary/aromatic N) is 3. The average Bonchev–Trinajstić information content (AvgIpc) is 3.22. The molecular formula is C26H29ClN4O. The fourth-order valence-corrected chi connectivity index (χ4v) is 5.39. The predicted octanol–water partition coefficient (Wildman–Crippen LogP) is 5.26. The SMILES string of the molecule is Cc1cc(Cc2cccc(Cl)c2)cc([C@@H]2CCCN(C(=O)c3n[nH]c4c3CCCC4)C2)n1. The average molecular weight is 449 g/mol. The maximum absolute atomic E-state index is 13.3. The normalized spacial score (nSPS) is 18.4. The third-order valence-electron chi connectivity index (χ3n) is 6.72. The number of H-pyrrole nitrogens is 1. The Morgan fingerprint density at radius 1 is 1.16 bits per heavy atom. The van der Waals surface area contributed by atoms with Gasteiger partial charge in [-0.2, -0.15) is 5.10 Å². The summed E-state index contributed by atoms with van der Waals surface area (Å²) >= 11 is 6.17. The number of likely N-dealkylation sites (tertiary alicyclic amines) is 1. The summed E-state index contributed by atoms with van der Waals surface area (Å²) in [5.41, 5.74) is 7.46. The van der Waals surface area contributed by atoms with Gasteiger partial charge in [-0.3, -0.25) is 14.9 Å². The van der Waals surface area contributed by atoms with Crippen LogP contribution in [0.25, 0.3) is 0 Å². The van der Waals surface area contributed by atoms with Gasteiger partial charge in [-0.25, -0.2) is 0 Å². The van der Waals surface area contributed by atoms with E-state index in [0.29, 0.717) is 12.2 Å². The highest BCUT2D eigenvalue weighted by Gasteiger charge is 2.30. The maximum Gasteiger partial charge on any atom is 0.274 e. The number of aromatic nitrogens is 3. The number of rotatable bonds is 4. The van der Waals surface area contributed by atoms with Crippen LogP contribution in [0.1, 0.15) is 75.9 Å². The molecule has 1 aromatic carbocycles. The van der Waals surface area contributed by atoms with Gasteiger partial charge in [0.25, 0.3) is 5.91 Å². The number of piperidine rings is 1. The lowest BCUT2D eigenvalue weighted by atomic mass is 9.91. The zero-order valence-corrected chi connectivity index (χ0v) is 19.3. The summed E-state index contributed by atoms with van der Waals surface area (Å²) in [5.74, 6) is 0.321. The van der Waals surface area contributed by atoms with Crippen LogP contribution in [-0.2, 0) is 19.3 Å². The van der Waals surface area contributed by atoms with Gasteiger partial charge < -0.3 is 4.90 Å². The zero-order valence-electron chi connectivity index (χ0n) is 18.5. The first-order valence-corrected chi connectivity index (χ1v) is 12.0. The lowest BCUT2D eigenvalue weighted by molar-refractivity contribution is 0.0698. The molecule has 1 atom stereocenters. The molecule has 1 N–H and O–H groups in total. The quantitative estimate of drug-likeness (QED) is 0.592. The van der Waals surface area contributed by atoms with E-state index in [4.69, 9.17) is 16.6 Å². The number of aromatic amines is 1. The van der Waals surface area contributed by atoms with Gasteiger partial charge in [-0.15, -0.1) is 0 Å². The van der Waals surface area contributed by atoms with Crippen LogP contribution < -0.4 is 0 Å². The van der Waals surface area contributed by atoms with Gasteiger partial charge >= 0.3 is 0 Å². The second-order valence-electron chi connectivity index (χ2n) is 9.18. The zero-order chi connectivity index (χ0) is 22.1. The largest absolute Gasteiger partial charge is 0.337 e. The second-order valence-corrected chi connectivity index (χ2v) is 9.61. The first-order chi connectivity index (χ1) is 15.6. The van der Waals surface area contributed by atoms with E-state index in [1.54, 1.807) is 0 Å². The van der Waals surface area contributed by atoms with Crippen molar-refractivity contribution >= 4 is 17.5 Å². The van der Waals surface area contributed by atoms with Crippen LogP contribution in [-0.4, -0.2) is 39.1 Å². The number of halogens is 1. The van der Waals surface area contributed by atoms with E-state index in [2.05, 4.69) is 28.4 Å². The highest BCUT2D eigenvalue weighted by molar-refractivity contribution is 6.30. The van der Waals surface area contributed by atoms with Crippen molar-refractivity contribution in [3.05, 3.63) is 80.9 Å². The Bertz CT molecular complexity index is 1140. The lowest BCUT2D eigenvalue weighted by Crippen LogP contribution is -2.40. The summed E-state index contributed by atoms with van der Waals surface area (Å²) in [4.78, 5) is 20.2. The molecule has 1 saturated heterocycles. The Morgan fingerprint density at radius 2 is 2.03 bits per heavy atom. The van der Waals surface area contributed by atoms with Crippen LogP contribution in [0.2, 0.25) is 5.02 Å². The Balaban J connectivity index is 1.34. The molecule has 2 aromatic heterocycles. The Kier molecular flexibility index (Phi) is 6.01. The molecule has 1 amide bonds. The molecule has 3 heterocycles. The van der Waals surface area contributed by atoms with Gasteiger partial charge in [-0.1, -0.05) is 23.7 Å². The highest BCUT2D eigenvalue weighted by Crippen LogP contribution is 2.30. The molecule has 5 rings (SSSR count). The molecule has 1 aliphatic carbocycles. The molecule has 0 bridgehead atoms. The minimum absolute atomic E-state index is 0.0703. The third-order valence-corrected chi connectivity index (χ3v) is 6.95. The fraction of sp³-hybridized carbons (Fsp3) is 0.423. The van der Waals surface area contributed by atoms with Crippen LogP contribution in [0.5, 0.6) is 0 Å². The Morgan fingerprint density at radius 3 is 2.91 bits per heavy atom. The van der Waals surface area contributed by atoms with Gasteiger partial charge in [0.15, 0.2) is 5.69 Å². The van der Waals surface area contributed by atoms with Crippen molar-refractivity contribution in [1.82, 2.24) is 20.1 Å². The molecule has 166 valence electrons. The van der Waals surface area contributed by atoms with Crippen LogP contribution >= 0.6 is 11.6 Å². The van der Waals surface area contributed by atoms with E-state index in [-0.39, 0.29) is 11.8 Å². The molecule has 1 fully saturated rings. The summed E-state index contributed by atoms with van der Waals surface area (Å²) < 4.78 is 0. The summed E-state index contributed by atoms with van der Waals surface area (Å²) in [6.45, 7) is 3.54. The van der Waals surface area contributed by atoms with Gasteiger partial charge in [-0.05, 0) is 87.3 Å². The molecule has 0 radical (unpaired) electrons. The first kappa shape index (κ1) is 21.2. The summed E-state index contributed by atoms with van der Waals surface area (Å²) in [5, 5.41) is 8.28. The molecule has 0 saturated carbocycles. The van der Waals surface area contributed by atoms with Crippen molar-refractivity contribution in [3.63, 3.8) is 0 Å². The lowest BCUT2D eigenvalue weighted by Gasteiger charge is -2.32. The molecule has 32 heavy (non-hydrogen) atoms. The number of carbonyl (C=O) groups is 1. The van der Waals surface area contributed by atoms with Crippen molar-refractivity contribution < 1.29 is 4.79 Å². The van der Waals surface area contributed by atoms with Crippen LogP contribution in [0.4, 0.5) is 0 Å². The molecule has 5 nitrogen and oxygen atoms in total. The van der Waals surface area contributed by atoms with E-state index in [9.17, 15) is 4.79 Å². The number of aryl methyl sites for hydroxylation is 2. The maximum atomic E-state index is 13.3. The van der Waals surface area contributed by atoms with Gasteiger partial charge in [0.1, 0.15) is 0 Å². The van der Waals surface area contributed by atoms with Crippen LogP contribution in [0.3, 0.4) is 0 Å². The minimum atomic E-state index is 0.0703. The molecule has 0 spiro atoms. The van der Waals surface area contributed by atoms with Gasteiger partial charge in [0, 0.05) is 46.7 Å². The number of carbonyl (C=O) groups excluding carboxylic acids is 1. The van der Waals surface area contributed by atoms with Crippen molar-refractivity contribution in [2.24, 2.45) is 0 Å². The van der Waals surface area contributed by atoms with Crippen molar-refractivity contribution in [2.75, 3.05) is 13.1 Å². The van der Waals surface area contributed by atoms with E-state index < -0.39 is 0 Å². The van der Waals surface area contributed by atoms with Crippen molar-refractivity contribution in [1.29, 1.82) is 0 Å². The number of hydrogen-bond acceptors (Lipinski definition) is 3. The standard InChI is InChI=1S/C26H29ClN4O/c1-17-12-19(13-18-6-4-8-21(27)14-18)15-24(28-17)20-7-5-11-31(16-20)26(32)25-22-9-2-3-10-23(22)29-30-25/h4,6,8,12,14-15,20H,2-3,5,7,9-11,13,16H2,1H3,(H,29,30)/t20-/m1/s1. The Labute approximate surface area is 194 Å². The molecule has 3 aromatic rings. The number of hydrogen-bond donors (Lipinski definition) is 1. The van der Waals surface area contributed by atoms with E-state index in [0.717, 1.165) is 72.7 Å². The third kappa shape index (κ3) is 4.44. The summed E-state index contributed by atoms with van der Waals surface area (Å²) in [6.07, 6.45) is 7.13. The Hall–Kier alpha value is -2.66. The molecule has 6 heteroatoms. The molecule has 1 aliphatic heterocycles. The number of nitrogens with one attached hydrogen (secondary N) is 1. The van der Waals surface area contributed by atoms with Crippen molar-refractivity contribution in [3.8, 4) is 0 Å². The monoisotopic (exact) mass is 448 g/mol. The van der Waals surface area contributed by atoms with E-state index in [1.807, 2.05) is 30.0 Å². The second kappa shape index (κ2) is 9.07. The van der Waals surface area contributed by atoms with E-state index in [1.165, 1.54) is 17.5 Å². The molecule has 2 aliphatic rings. The number of fused-ring (bicyclic) bond motifs is 1. The number of amides is 1. The summed E-state index contributed by atoms with van der Waals surface area (Å²) in [7, 11) is 0. The highest BCUT2D eigenvalue weighted by atomic mass is 35.5. The van der Waals surface area contributed by atoms with Gasteiger partial charge in [0.2, 0.25) is 0 Å². The smallest absolute Gasteiger partial charge is 0.274 e. The fourth-order valence-electron chi connectivity index (χ4n) is 5.17. The topological polar surface area (TPSA) is 61.9 Å². The van der Waals surface area contributed by atoms with Crippen molar-refractivity contribution in [2.45, 2.75) is 57.8 Å². The summed E-state index contributed by atoms with van der Waals surface area (Å²) in [6, 6.07) is 12.4.